The molecular formula is C17H17N3O3S2. The predicted molar refractivity (Wildman–Crippen MR) is 102 cm³/mol. The average molecular weight is 375 g/mol. The molecule has 0 saturated heterocycles. The van der Waals surface area contributed by atoms with Gasteiger partial charge in [-0.25, -0.2) is 0 Å². The van der Waals surface area contributed by atoms with E-state index < -0.39 is 0 Å². The number of hydrogen-bond donors (Lipinski definition) is 3. The smallest absolute Gasteiger partial charge is 0.231 e. The van der Waals surface area contributed by atoms with E-state index in [1.807, 2.05) is 42.5 Å². The van der Waals surface area contributed by atoms with E-state index in [9.17, 15) is 4.79 Å². The molecule has 4 N–H and O–H groups in total. The standard InChI is InChI=1S/C17H17N3O3S2/c18-16(21)9-25-15-4-2-1-3-12(15)20-17(24)19-8-11-5-6-13-14(7-11)23-10-22-13/h1-7H,8-10H2,(H2,18,21)(H2,19,20,24). The maximum atomic E-state index is 11.0. The summed E-state index contributed by atoms with van der Waals surface area (Å²) in [5, 5.41) is 6.79. The molecule has 0 fully saturated rings. The van der Waals surface area contributed by atoms with Crippen molar-refractivity contribution in [2.75, 3.05) is 17.9 Å². The van der Waals surface area contributed by atoms with E-state index in [1.54, 1.807) is 0 Å². The van der Waals surface area contributed by atoms with E-state index in [4.69, 9.17) is 27.4 Å². The van der Waals surface area contributed by atoms with Gasteiger partial charge in [-0.3, -0.25) is 4.79 Å². The fourth-order valence-electron chi connectivity index (χ4n) is 2.24. The van der Waals surface area contributed by atoms with Gasteiger partial charge in [0.05, 0.1) is 11.4 Å². The van der Waals surface area contributed by atoms with Crippen LogP contribution in [0.5, 0.6) is 11.5 Å². The summed E-state index contributed by atoms with van der Waals surface area (Å²) in [5.41, 5.74) is 7.07. The van der Waals surface area contributed by atoms with E-state index in [1.165, 1.54) is 11.8 Å². The maximum Gasteiger partial charge on any atom is 0.231 e. The Hall–Kier alpha value is -2.45. The molecule has 0 atom stereocenters. The van der Waals surface area contributed by atoms with Gasteiger partial charge in [0.2, 0.25) is 12.7 Å². The third-order valence-corrected chi connectivity index (χ3v) is 4.74. The van der Waals surface area contributed by atoms with Gasteiger partial charge >= 0.3 is 0 Å². The minimum absolute atomic E-state index is 0.218. The minimum Gasteiger partial charge on any atom is -0.454 e. The van der Waals surface area contributed by atoms with Crippen molar-refractivity contribution in [3.8, 4) is 11.5 Å². The molecule has 0 saturated carbocycles. The molecule has 3 rings (SSSR count). The summed E-state index contributed by atoms with van der Waals surface area (Å²) in [5.74, 6) is 1.36. The molecule has 1 aliphatic rings. The van der Waals surface area contributed by atoms with Crippen LogP contribution in [0, 0.1) is 0 Å². The van der Waals surface area contributed by atoms with Gasteiger partial charge in [0.15, 0.2) is 16.6 Å². The van der Waals surface area contributed by atoms with Crippen LogP contribution in [-0.4, -0.2) is 23.6 Å². The normalized spacial score (nSPS) is 11.8. The van der Waals surface area contributed by atoms with Gasteiger partial charge in [-0.1, -0.05) is 18.2 Å². The predicted octanol–water partition coefficient (Wildman–Crippen LogP) is 2.48. The summed E-state index contributed by atoms with van der Waals surface area (Å²) < 4.78 is 10.7. The molecule has 1 amide bonds. The van der Waals surface area contributed by atoms with Gasteiger partial charge in [-0.2, -0.15) is 0 Å². The molecule has 25 heavy (non-hydrogen) atoms. The Bertz CT molecular complexity index is 798. The zero-order valence-electron chi connectivity index (χ0n) is 13.3. The second-order valence-corrected chi connectivity index (χ2v) is 6.67. The van der Waals surface area contributed by atoms with Crippen LogP contribution in [0.15, 0.2) is 47.4 Å². The highest BCUT2D eigenvalue weighted by Crippen LogP contribution is 2.32. The molecule has 2 aromatic rings. The lowest BCUT2D eigenvalue weighted by Crippen LogP contribution is -2.28. The largest absolute Gasteiger partial charge is 0.454 e. The monoisotopic (exact) mass is 375 g/mol. The van der Waals surface area contributed by atoms with E-state index in [0.717, 1.165) is 27.6 Å². The second kappa shape index (κ2) is 8.09. The van der Waals surface area contributed by atoms with Crippen LogP contribution in [-0.2, 0) is 11.3 Å². The average Bonchev–Trinajstić information content (AvgIpc) is 3.07. The van der Waals surface area contributed by atoms with Crippen LogP contribution in [0.1, 0.15) is 5.56 Å². The second-order valence-electron chi connectivity index (χ2n) is 5.25. The maximum absolute atomic E-state index is 11.0. The topological polar surface area (TPSA) is 85.6 Å². The summed E-state index contributed by atoms with van der Waals surface area (Å²) >= 11 is 6.72. The molecule has 2 aromatic carbocycles. The summed E-state index contributed by atoms with van der Waals surface area (Å²) in [4.78, 5) is 11.9. The molecule has 6 nitrogen and oxygen atoms in total. The quantitative estimate of drug-likeness (QED) is 0.528. The molecule has 0 aliphatic carbocycles. The number of carbonyl (C=O) groups is 1. The number of para-hydroxylation sites is 1. The van der Waals surface area contributed by atoms with E-state index in [0.29, 0.717) is 11.7 Å². The molecule has 0 spiro atoms. The van der Waals surface area contributed by atoms with Gasteiger partial charge in [0.25, 0.3) is 0 Å². The SMILES string of the molecule is NC(=O)CSc1ccccc1NC(=S)NCc1ccc2c(c1)OCO2. The van der Waals surface area contributed by atoms with Crippen molar-refractivity contribution in [2.24, 2.45) is 5.73 Å². The Balaban J connectivity index is 1.57. The van der Waals surface area contributed by atoms with Crippen LogP contribution in [0.4, 0.5) is 5.69 Å². The lowest BCUT2D eigenvalue weighted by molar-refractivity contribution is -0.115. The molecule has 130 valence electrons. The number of nitrogens with one attached hydrogen (secondary N) is 2. The molecule has 1 aliphatic heterocycles. The van der Waals surface area contributed by atoms with Crippen LogP contribution >= 0.6 is 24.0 Å². The number of rotatable bonds is 6. The lowest BCUT2D eigenvalue weighted by atomic mass is 10.2. The highest BCUT2D eigenvalue weighted by Gasteiger charge is 2.13. The third kappa shape index (κ3) is 4.77. The summed E-state index contributed by atoms with van der Waals surface area (Å²) in [7, 11) is 0. The van der Waals surface area contributed by atoms with Crippen molar-refractivity contribution in [2.45, 2.75) is 11.4 Å². The van der Waals surface area contributed by atoms with Crippen LogP contribution in [0.25, 0.3) is 0 Å². The highest BCUT2D eigenvalue weighted by atomic mass is 32.2. The molecule has 0 bridgehead atoms. The van der Waals surface area contributed by atoms with Gasteiger partial charge in [0, 0.05) is 11.4 Å². The first-order valence-corrected chi connectivity index (χ1v) is 8.95. The number of benzene rings is 2. The number of ether oxygens (including phenoxy) is 2. The Morgan fingerprint density at radius 2 is 2.00 bits per heavy atom. The molecule has 1 heterocycles. The molecule has 0 unspecified atom stereocenters. The Labute approximate surface area is 155 Å². The molecule has 0 radical (unpaired) electrons. The third-order valence-electron chi connectivity index (χ3n) is 3.40. The van der Waals surface area contributed by atoms with Crippen molar-refractivity contribution in [3.63, 3.8) is 0 Å². The van der Waals surface area contributed by atoms with Gasteiger partial charge in [0.1, 0.15) is 0 Å². The lowest BCUT2D eigenvalue weighted by Gasteiger charge is -2.13. The van der Waals surface area contributed by atoms with Crippen molar-refractivity contribution >= 4 is 40.7 Å². The fourth-order valence-corrected chi connectivity index (χ4v) is 3.17. The number of amides is 1. The number of anilines is 1. The van der Waals surface area contributed by atoms with Gasteiger partial charge < -0.3 is 25.8 Å². The van der Waals surface area contributed by atoms with Crippen molar-refractivity contribution in [1.29, 1.82) is 0 Å². The minimum atomic E-state index is -0.358. The van der Waals surface area contributed by atoms with Crippen molar-refractivity contribution in [3.05, 3.63) is 48.0 Å². The highest BCUT2D eigenvalue weighted by molar-refractivity contribution is 8.00. The summed E-state index contributed by atoms with van der Waals surface area (Å²) in [6, 6.07) is 13.4. The first-order chi connectivity index (χ1) is 12.1. The Morgan fingerprint density at radius 1 is 1.20 bits per heavy atom. The number of primary amides is 1. The van der Waals surface area contributed by atoms with E-state index >= 15 is 0 Å². The molecular weight excluding hydrogens is 358 g/mol. The van der Waals surface area contributed by atoms with Crippen LogP contribution in [0.3, 0.4) is 0 Å². The first-order valence-electron chi connectivity index (χ1n) is 7.55. The number of carbonyl (C=O) groups excluding carboxylic acids is 1. The van der Waals surface area contributed by atoms with Gasteiger partial charge in [-0.15, -0.1) is 11.8 Å². The number of thiocarbonyl (C=S) groups is 1. The zero-order chi connectivity index (χ0) is 17.6. The first kappa shape index (κ1) is 17.4. The van der Waals surface area contributed by atoms with Gasteiger partial charge in [-0.05, 0) is 42.0 Å². The number of fused-ring (bicyclic) bond motifs is 1. The Morgan fingerprint density at radius 3 is 2.84 bits per heavy atom. The zero-order valence-corrected chi connectivity index (χ0v) is 14.9. The summed E-state index contributed by atoms with van der Waals surface area (Å²) in [6.45, 7) is 0.811. The Kier molecular flexibility index (Phi) is 5.62. The molecule has 8 heteroatoms. The van der Waals surface area contributed by atoms with E-state index in [2.05, 4.69) is 10.6 Å². The van der Waals surface area contributed by atoms with Crippen molar-refractivity contribution < 1.29 is 14.3 Å². The van der Waals surface area contributed by atoms with E-state index in [-0.39, 0.29) is 18.5 Å². The molecule has 0 aromatic heterocycles. The summed E-state index contributed by atoms with van der Waals surface area (Å²) in [6.07, 6.45) is 0. The number of nitrogens with two attached hydrogens (primary N) is 1. The number of hydrogen-bond acceptors (Lipinski definition) is 5. The van der Waals surface area contributed by atoms with Crippen molar-refractivity contribution in [1.82, 2.24) is 5.32 Å². The van der Waals surface area contributed by atoms with Crippen LogP contribution < -0.4 is 25.8 Å². The fraction of sp³-hybridized carbons (Fsp3) is 0.176. The van der Waals surface area contributed by atoms with Crippen LogP contribution in [0.2, 0.25) is 0 Å². The number of thioether (sulfide) groups is 1.